The van der Waals surface area contributed by atoms with Crippen LogP contribution in [-0.2, 0) is 0 Å². The highest BCUT2D eigenvalue weighted by Crippen LogP contribution is 2.46. The number of amides is 1. The van der Waals surface area contributed by atoms with Crippen LogP contribution in [0.4, 0.5) is 5.69 Å². The molecule has 5 aromatic rings. The van der Waals surface area contributed by atoms with Gasteiger partial charge in [-0.3, -0.25) is 4.79 Å². The first kappa shape index (κ1) is 21.5. The number of rotatable bonds is 3. The second kappa shape index (κ2) is 8.03. The van der Waals surface area contributed by atoms with Crippen molar-refractivity contribution in [3.63, 3.8) is 0 Å². The van der Waals surface area contributed by atoms with Crippen molar-refractivity contribution in [1.29, 1.82) is 0 Å². The summed E-state index contributed by atoms with van der Waals surface area (Å²) in [6.45, 7) is 2.46. The molecule has 1 unspecified atom stereocenters. The predicted octanol–water partition coefficient (Wildman–Crippen LogP) is 6.09. The fourth-order valence-corrected chi connectivity index (χ4v) is 5.32. The molecule has 1 aromatic heterocycles. The van der Waals surface area contributed by atoms with Crippen LogP contribution in [0, 0.1) is 6.92 Å². The van der Waals surface area contributed by atoms with Crippen molar-refractivity contribution in [3.05, 3.63) is 83.4 Å². The largest absolute Gasteiger partial charge is 0.508 e. The normalized spacial score (nSPS) is 15.1. The molecule has 174 valence electrons. The number of aromatic amines is 1. The lowest BCUT2D eigenvalue weighted by Crippen LogP contribution is -2.30. The van der Waals surface area contributed by atoms with E-state index in [-0.39, 0.29) is 23.3 Å². The molecule has 6 rings (SSSR count). The van der Waals surface area contributed by atoms with Crippen molar-refractivity contribution in [3.8, 4) is 22.9 Å². The number of fused-ring (bicyclic) bond motifs is 4. The van der Waals surface area contributed by atoms with E-state index in [2.05, 4.69) is 9.97 Å². The molecule has 1 amide bonds. The van der Waals surface area contributed by atoms with Crippen LogP contribution in [-0.4, -0.2) is 38.5 Å². The molecular formula is C28H22ClN3O3. The molecule has 4 aromatic carbocycles. The summed E-state index contributed by atoms with van der Waals surface area (Å²) in [6.07, 6.45) is 0. The maximum absolute atomic E-state index is 13.7. The lowest BCUT2D eigenvalue weighted by Gasteiger charge is -2.19. The number of phenolic OH excluding ortho intramolecular Hbond substituents is 2. The first-order valence-corrected chi connectivity index (χ1v) is 11.9. The number of carbonyl (C=O) groups is 1. The van der Waals surface area contributed by atoms with E-state index in [0.717, 1.165) is 38.5 Å². The molecule has 0 spiro atoms. The number of imidazole rings is 1. The van der Waals surface area contributed by atoms with Gasteiger partial charge in [0.05, 0.1) is 16.7 Å². The number of nitrogens with zero attached hydrogens (tertiary/aromatic N) is 2. The molecule has 3 N–H and O–H groups in total. The van der Waals surface area contributed by atoms with Crippen molar-refractivity contribution < 1.29 is 15.0 Å². The summed E-state index contributed by atoms with van der Waals surface area (Å²) in [4.78, 5) is 23.3. The second-order valence-corrected chi connectivity index (χ2v) is 9.27. The Bertz CT molecular complexity index is 1620. The van der Waals surface area contributed by atoms with Gasteiger partial charge in [0, 0.05) is 40.9 Å². The second-order valence-electron chi connectivity index (χ2n) is 8.96. The third kappa shape index (κ3) is 3.41. The third-order valence-electron chi connectivity index (χ3n) is 6.77. The molecule has 0 bridgehead atoms. The Morgan fingerprint density at radius 2 is 1.91 bits per heavy atom. The maximum atomic E-state index is 13.7. The molecule has 0 saturated heterocycles. The van der Waals surface area contributed by atoms with Gasteiger partial charge in [-0.2, -0.15) is 0 Å². The smallest absolute Gasteiger partial charge is 0.258 e. The predicted molar refractivity (Wildman–Crippen MR) is 139 cm³/mol. The summed E-state index contributed by atoms with van der Waals surface area (Å²) in [5.41, 5.74) is 5.59. The van der Waals surface area contributed by atoms with E-state index in [1.807, 2.05) is 31.2 Å². The zero-order chi connectivity index (χ0) is 24.3. The van der Waals surface area contributed by atoms with Crippen LogP contribution in [0.3, 0.4) is 0 Å². The fourth-order valence-electron chi connectivity index (χ4n) is 5.07. The van der Waals surface area contributed by atoms with Crippen LogP contribution in [0.2, 0.25) is 0 Å². The number of benzene rings is 4. The van der Waals surface area contributed by atoms with Gasteiger partial charge in [0.15, 0.2) is 0 Å². The number of aryl methyl sites for hydroxylation is 1. The quantitative estimate of drug-likeness (QED) is 0.271. The highest BCUT2D eigenvalue weighted by Gasteiger charge is 2.35. The zero-order valence-electron chi connectivity index (χ0n) is 18.9. The Balaban J connectivity index is 1.42. The van der Waals surface area contributed by atoms with Crippen LogP contribution in [0.1, 0.15) is 27.4 Å². The molecular weight excluding hydrogens is 462 g/mol. The summed E-state index contributed by atoms with van der Waals surface area (Å²) < 4.78 is 0. The van der Waals surface area contributed by atoms with Crippen LogP contribution < -0.4 is 4.90 Å². The Kier molecular flexibility index (Phi) is 4.93. The fraction of sp³-hybridized carbons (Fsp3) is 0.143. The Morgan fingerprint density at radius 1 is 1.11 bits per heavy atom. The third-order valence-corrected chi connectivity index (χ3v) is 7.14. The number of carbonyl (C=O) groups excluding carboxylic acids is 1. The number of anilines is 1. The average molecular weight is 484 g/mol. The first-order chi connectivity index (χ1) is 16.9. The number of alkyl halides is 1. The van der Waals surface area contributed by atoms with Gasteiger partial charge < -0.3 is 20.1 Å². The number of halogens is 1. The van der Waals surface area contributed by atoms with Crippen molar-refractivity contribution in [2.24, 2.45) is 0 Å². The molecule has 7 heteroatoms. The highest BCUT2D eigenvalue weighted by atomic mass is 35.5. The summed E-state index contributed by atoms with van der Waals surface area (Å²) in [7, 11) is 0. The van der Waals surface area contributed by atoms with Gasteiger partial charge >= 0.3 is 0 Å². The highest BCUT2D eigenvalue weighted by molar-refractivity contribution is 6.19. The Labute approximate surface area is 206 Å². The molecule has 0 aliphatic carbocycles. The number of nitrogens with one attached hydrogen (secondary N) is 1. The number of hydrogen-bond acceptors (Lipinski definition) is 4. The van der Waals surface area contributed by atoms with Gasteiger partial charge in [-0.05, 0) is 65.9 Å². The van der Waals surface area contributed by atoms with Gasteiger partial charge in [-0.1, -0.05) is 18.2 Å². The van der Waals surface area contributed by atoms with Gasteiger partial charge in [-0.25, -0.2) is 4.98 Å². The van der Waals surface area contributed by atoms with Crippen molar-refractivity contribution in [1.82, 2.24) is 9.97 Å². The number of H-pyrrole nitrogens is 1. The summed E-state index contributed by atoms with van der Waals surface area (Å²) in [5.74, 6) is 1.18. The molecule has 0 fully saturated rings. The summed E-state index contributed by atoms with van der Waals surface area (Å²) in [6, 6.07) is 19.7. The van der Waals surface area contributed by atoms with Crippen LogP contribution in [0.5, 0.6) is 11.5 Å². The standard InChI is InChI=1S/C28H22ClN3O3/c1-15-3-2-4-20-24(34)12-23-26(25(15)20)18(13-29)14-32(23)28(35)17-7-10-21-22(11-17)31-27(30-21)16-5-8-19(33)9-6-16/h2-12,18,33-34H,13-14H2,1H3,(H,30,31). The average Bonchev–Trinajstić information content (AvgIpc) is 3.45. The van der Waals surface area contributed by atoms with Crippen LogP contribution in [0.15, 0.2) is 66.7 Å². The van der Waals surface area contributed by atoms with Gasteiger partial charge in [0.25, 0.3) is 5.91 Å². The minimum atomic E-state index is -0.158. The molecule has 0 radical (unpaired) electrons. The van der Waals surface area contributed by atoms with Crippen molar-refractivity contribution in [2.45, 2.75) is 12.8 Å². The molecule has 0 saturated carbocycles. The molecule has 1 aliphatic heterocycles. The minimum Gasteiger partial charge on any atom is -0.508 e. The SMILES string of the molecule is Cc1cccc2c(O)cc3c(c12)C(CCl)CN3C(=O)c1ccc2nc(-c3ccc(O)cc3)[nH]c2c1. The number of aromatic hydroxyl groups is 2. The lowest BCUT2D eigenvalue weighted by atomic mass is 9.92. The van der Waals surface area contributed by atoms with Gasteiger partial charge in [0.2, 0.25) is 0 Å². The topological polar surface area (TPSA) is 89.4 Å². The molecule has 2 heterocycles. The molecule has 6 nitrogen and oxygen atoms in total. The van der Waals surface area contributed by atoms with E-state index in [1.165, 1.54) is 0 Å². The van der Waals surface area contributed by atoms with E-state index in [4.69, 9.17) is 11.6 Å². The lowest BCUT2D eigenvalue weighted by molar-refractivity contribution is 0.0988. The van der Waals surface area contributed by atoms with E-state index in [9.17, 15) is 15.0 Å². The van der Waals surface area contributed by atoms with Crippen LogP contribution >= 0.6 is 11.6 Å². The molecule has 35 heavy (non-hydrogen) atoms. The zero-order valence-corrected chi connectivity index (χ0v) is 19.7. The monoisotopic (exact) mass is 483 g/mol. The number of aromatic nitrogens is 2. The van der Waals surface area contributed by atoms with E-state index >= 15 is 0 Å². The minimum absolute atomic E-state index is 0.0307. The first-order valence-electron chi connectivity index (χ1n) is 11.4. The maximum Gasteiger partial charge on any atom is 0.258 e. The summed E-state index contributed by atoms with van der Waals surface area (Å²) >= 11 is 6.36. The number of phenols is 2. The van der Waals surface area contributed by atoms with E-state index < -0.39 is 0 Å². The Morgan fingerprint density at radius 3 is 2.69 bits per heavy atom. The van der Waals surface area contributed by atoms with Gasteiger partial charge in [0.1, 0.15) is 17.3 Å². The molecule has 1 aliphatic rings. The van der Waals surface area contributed by atoms with Gasteiger partial charge in [-0.15, -0.1) is 11.6 Å². The summed E-state index contributed by atoms with van der Waals surface area (Å²) in [5, 5.41) is 22.0. The van der Waals surface area contributed by atoms with E-state index in [1.54, 1.807) is 47.4 Å². The van der Waals surface area contributed by atoms with E-state index in [0.29, 0.717) is 29.5 Å². The number of hydrogen-bond donors (Lipinski definition) is 3. The molecule has 1 atom stereocenters. The van der Waals surface area contributed by atoms with Crippen molar-refractivity contribution >= 4 is 45.0 Å². The Hall–Kier alpha value is -4.03. The van der Waals surface area contributed by atoms with Crippen LogP contribution in [0.25, 0.3) is 33.2 Å². The van der Waals surface area contributed by atoms with Crippen molar-refractivity contribution in [2.75, 3.05) is 17.3 Å².